The third kappa shape index (κ3) is 4.56. The summed E-state index contributed by atoms with van der Waals surface area (Å²) in [5.74, 6) is -0.0292. The zero-order valence-electron chi connectivity index (χ0n) is 19.4. The van der Waals surface area contributed by atoms with Crippen LogP contribution in [-0.2, 0) is 11.3 Å². The number of ether oxygens (including phenoxy) is 1. The molecule has 2 heterocycles. The maximum Gasteiger partial charge on any atom is 1.00 e. The first-order valence-electron chi connectivity index (χ1n) is 10.8. The van der Waals surface area contributed by atoms with Crippen LogP contribution in [-0.4, -0.2) is 22.1 Å². The standard InChI is InChI=1S/C26H24FN3O3.Na/c1-15-17(13-28-20-7-8-21-18(10-26(31)32)14-33-25(21)12-20)4-3-5-23(15)30-16(2)29-22-9-6-19(27)11-24(22)30;/h3-9,11-12,18,28H,10,13-14H2,1-2H3,(H,31,32);/q;+1/p-1. The first-order chi connectivity index (χ1) is 15.9. The second-order valence-corrected chi connectivity index (χ2v) is 8.38. The average Bonchev–Trinajstić information content (AvgIpc) is 3.32. The molecular formula is C26H23FN3NaO3. The third-order valence-corrected chi connectivity index (χ3v) is 6.23. The first kappa shape index (κ1) is 24.3. The number of nitrogens with one attached hydrogen (secondary N) is 1. The van der Waals surface area contributed by atoms with Gasteiger partial charge in [-0.25, -0.2) is 9.37 Å². The van der Waals surface area contributed by atoms with Crippen LogP contribution in [0.15, 0.2) is 54.6 Å². The van der Waals surface area contributed by atoms with E-state index in [1.807, 2.05) is 48.7 Å². The Labute approximate surface area is 219 Å². The number of aliphatic carboxylic acids is 1. The topological polar surface area (TPSA) is 79.2 Å². The van der Waals surface area contributed by atoms with Crippen molar-refractivity contribution in [2.75, 3.05) is 11.9 Å². The molecular weight excluding hydrogens is 444 g/mol. The maximum absolute atomic E-state index is 13.9. The van der Waals surface area contributed by atoms with E-state index in [-0.39, 0.29) is 47.7 Å². The van der Waals surface area contributed by atoms with Gasteiger partial charge in [0.15, 0.2) is 0 Å². The van der Waals surface area contributed by atoms with Gasteiger partial charge in [0.25, 0.3) is 0 Å². The van der Waals surface area contributed by atoms with Crippen LogP contribution in [0.5, 0.6) is 5.75 Å². The molecule has 8 heteroatoms. The SMILES string of the molecule is Cc1c(CNc2ccc3c(c2)OCC3CC(=O)[O-])cccc1-n1c(C)nc2ccc(F)cc21.[Na+]. The number of halogens is 1. The summed E-state index contributed by atoms with van der Waals surface area (Å²) in [4.78, 5) is 15.5. The predicted molar refractivity (Wildman–Crippen MR) is 122 cm³/mol. The van der Waals surface area contributed by atoms with Crippen molar-refractivity contribution in [2.45, 2.75) is 32.7 Å². The molecule has 1 aliphatic rings. The van der Waals surface area contributed by atoms with Gasteiger partial charge in [0.2, 0.25) is 0 Å². The Bertz CT molecular complexity index is 1390. The summed E-state index contributed by atoms with van der Waals surface area (Å²) in [5, 5.41) is 14.4. The molecule has 5 rings (SSSR count). The van der Waals surface area contributed by atoms with E-state index in [2.05, 4.69) is 16.4 Å². The van der Waals surface area contributed by atoms with Gasteiger partial charge in [-0.2, -0.15) is 0 Å². The van der Waals surface area contributed by atoms with E-state index in [0.29, 0.717) is 18.9 Å². The van der Waals surface area contributed by atoms with Gasteiger partial charge in [-0.15, -0.1) is 0 Å². The number of carbonyl (C=O) groups is 1. The predicted octanol–water partition coefficient (Wildman–Crippen LogP) is 1.01. The van der Waals surface area contributed by atoms with Crippen molar-refractivity contribution in [2.24, 2.45) is 0 Å². The summed E-state index contributed by atoms with van der Waals surface area (Å²) >= 11 is 0. The second kappa shape index (κ2) is 9.78. The molecule has 34 heavy (non-hydrogen) atoms. The Hall–Kier alpha value is -2.87. The Morgan fingerprint density at radius 3 is 2.82 bits per heavy atom. The Kier molecular flexibility index (Phi) is 6.98. The van der Waals surface area contributed by atoms with Gasteiger partial charge in [-0.1, -0.05) is 18.2 Å². The number of imidazole rings is 1. The number of anilines is 1. The number of hydrogen-bond acceptors (Lipinski definition) is 5. The smallest absolute Gasteiger partial charge is 0.550 e. The summed E-state index contributed by atoms with van der Waals surface area (Å²) in [6.07, 6.45) is -0.0436. The number of fused-ring (bicyclic) bond motifs is 2. The molecule has 1 unspecified atom stereocenters. The number of rotatable bonds is 6. The molecule has 0 fully saturated rings. The fraction of sp³-hybridized carbons (Fsp3) is 0.231. The minimum Gasteiger partial charge on any atom is -0.550 e. The molecule has 0 saturated heterocycles. The van der Waals surface area contributed by atoms with Crippen molar-refractivity contribution in [3.8, 4) is 11.4 Å². The van der Waals surface area contributed by atoms with Crippen LogP contribution < -0.4 is 44.7 Å². The summed E-state index contributed by atoms with van der Waals surface area (Å²) in [6, 6.07) is 16.4. The molecule has 1 aromatic heterocycles. The minimum absolute atomic E-state index is 0. The van der Waals surface area contributed by atoms with Gasteiger partial charge >= 0.3 is 29.6 Å². The minimum atomic E-state index is -1.07. The van der Waals surface area contributed by atoms with Crippen molar-refractivity contribution < 1.29 is 48.6 Å². The third-order valence-electron chi connectivity index (χ3n) is 6.23. The molecule has 0 spiro atoms. The number of nitrogens with zero attached hydrogens (tertiary/aromatic N) is 2. The van der Waals surface area contributed by atoms with Crippen molar-refractivity contribution in [1.82, 2.24) is 9.55 Å². The van der Waals surface area contributed by atoms with Crippen LogP contribution in [0.2, 0.25) is 0 Å². The van der Waals surface area contributed by atoms with Crippen molar-refractivity contribution in [1.29, 1.82) is 0 Å². The second-order valence-electron chi connectivity index (χ2n) is 8.38. The largest absolute Gasteiger partial charge is 1.00 e. The molecule has 0 aliphatic carbocycles. The number of carboxylic acid groups (broad SMARTS) is 1. The molecule has 1 N–H and O–H groups in total. The monoisotopic (exact) mass is 467 g/mol. The van der Waals surface area contributed by atoms with E-state index in [0.717, 1.165) is 44.9 Å². The van der Waals surface area contributed by atoms with Crippen molar-refractivity contribution >= 4 is 22.7 Å². The molecule has 6 nitrogen and oxygen atoms in total. The van der Waals surface area contributed by atoms with E-state index in [9.17, 15) is 14.3 Å². The first-order valence-corrected chi connectivity index (χ1v) is 10.8. The molecule has 1 atom stereocenters. The van der Waals surface area contributed by atoms with Crippen LogP contribution in [0.1, 0.15) is 34.9 Å². The van der Waals surface area contributed by atoms with E-state index < -0.39 is 5.97 Å². The molecule has 4 aromatic rings. The van der Waals surface area contributed by atoms with Gasteiger partial charge in [-0.3, -0.25) is 4.57 Å². The normalized spacial score (nSPS) is 14.4. The Morgan fingerprint density at radius 1 is 1.21 bits per heavy atom. The van der Waals surface area contributed by atoms with E-state index in [1.165, 1.54) is 12.1 Å². The Morgan fingerprint density at radius 2 is 2.03 bits per heavy atom. The number of carbonyl (C=O) groups excluding carboxylic acids is 1. The molecule has 0 amide bonds. The average molecular weight is 467 g/mol. The zero-order chi connectivity index (χ0) is 23.1. The van der Waals surface area contributed by atoms with Gasteiger partial charge < -0.3 is 20.0 Å². The van der Waals surface area contributed by atoms with Crippen LogP contribution in [0.25, 0.3) is 16.7 Å². The molecule has 0 radical (unpaired) electrons. The van der Waals surface area contributed by atoms with Crippen molar-refractivity contribution in [3.63, 3.8) is 0 Å². The summed E-state index contributed by atoms with van der Waals surface area (Å²) < 4.78 is 21.6. The van der Waals surface area contributed by atoms with E-state index in [1.54, 1.807) is 6.07 Å². The van der Waals surface area contributed by atoms with Gasteiger partial charge in [0, 0.05) is 41.8 Å². The molecule has 1 aliphatic heterocycles. The number of aromatic nitrogens is 2. The van der Waals surface area contributed by atoms with Gasteiger partial charge in [0.05, 0.1) is 23.3 Å². The number of aryl methyl sites for hydroxylation is 1. The fourth-order valence-electron chi connectivity index (χ4n) is 4.53. The maximum atomic E-state index is 13.9. The van der Waals surface area contributed by atoms with Crippen LogP contribution in [0.4, 0.5) is 10.1 Å². The number of benzene rings is 3. The van der Waals surface area contributed by atoms with E-state index >= 15 is 0 Å². The summed E-state index contributed by atoms with van der Waals surface area (Å²) in [7, 11) is 0. The number of carboxylic acids is 1. The summed E-state index contributed by atoms with van der Waals surface area (Å²) in [5.41, 5.74) is 6.41. The van der Waals surface area contributed by atoms with Crippen LogP contribution in [0, 0.1) is 19.7 Å². The zero-order valence-corrected chi connectivity index (χ0v) is 21.4. The molecule has 0 bridgehead atoms. The van der Waals surface area contributed by atoms with Gasteiger partial charge in [-0.05, 0) is 55.7 Å². The summed E-state index contributed by atoms with van der Waals surface area (Å²) in [6.45, 7) is 4.90. The van der Waals surface area contributed by atoms with Crippen molar-refractivity contribution in [3.05, 3.63) is 82.9 Å². The Balaban J connectivity index is 0.00000274. The van der Waals surface area contributed by atoms with E-state index in [4.69, 9.17) is 4.74 Å². The molecule has 3 aromatic carbocycles. The molecule has 0 saturated carbocycles. The van der Waals surface area contributed by atoms with Crippen LogP contribution >= 0.6 is 0 Å². The fourth-order valence-corrected chi connectivity index (χ4v) is 4.53. The van der Waals surface area contributed by atoms with Crippen LogP contribution in [0.3, 0.4) is 0 Å². The van der Waals surface area contributed by atoms with Gasteiger partial charge in [0.1, 0.15) is 17.4 Å². The quantitative estimate of drug-likeness (QED) is 0.429. The molecule has 168 valence electrons. The number of hydrogen-bond donors (Lipinski definition) is 1.